The molecule has 0 spiro atoms. The molecule has 4 aliphatic carbocycles. The second-order valence-electron chi connectivity index (χ2n) is 11.2. The number of rotatable bonds is 6. The van der Waals surface area contributed by atoms with E-state index >= 15 is 0 Å². The van der Waals surface area contributed by atoms with Crippen LogP contribution in [0.1, 0.15) is 59.3 Å². The third-order valence-corrected chi connectivity index (χ3v) is 9.48. The summed E-state index contributed by atoms with van der Waals surface area (Å²) in [6.45, 7) is 4.86. The number of aliphatic hydroxyl groups is 3. The predicted molar refractivity (Wildman–Crippen MR) is 122 cm³/mol. The van der Waals surface area contributed by atoms with Crippen molar-refractivity contribution in [3.8, 4) is 0 Å². The maximum atomic E-state index is 12.6. The van der Waals surface area contributed by atoms with Gasteiger partial charge in [-0.2, -0.15) is 0 Å². The molecule has 0 aromatic heterocycles. The highest BCUT2D eigenvalue weighted by Gasteiger charge is 2.69. The van der Waals surface area contributed by atoms with Crippen LogP contribution in [0, 0.1) is 34.5 Å². The number of allylic oxidation sites excluding steroid dienone is 3. The molecule has 8 atom stereocenters. The average Bonchev–Trinajstić information content (AvgIpc) is 3.04. The normalized spacial score (nSPS) is 42.2. The van der Waals surface area contributed by atoms with Crippen LogP contribution < -0.4 is 0 Å². The lowest BCUT2D eigenvalue weighted by Gasteiger charge is -2.61. The summed E-state index contributed by atoms with van der Waals surface area (Å²) in [5.41, 5.74) is -2.90. The number of esters is 1. The summed E-state index contributed by atoms with van der Waals surface area (Å²) < 4.78 is 5.61. The van der Waals surface area contributed by atoms with Crippen molar-refractivity contribution < 1.29 is 44.3 Å². The number of carbonyl (C=O) groups is 4. The molecule has 0 bridgehead atoms. The number of carboxylic acid groups (broad SMARTS) is 1. The second kappa shape index (κ2) is 8.64. The van der Waals surface area contributed by atoms with E-state index in [-0.39, 0.29) is 48.6 Å². The van der Waals surface area contributed by atoms with Gasteiger partial charge in [0.25, 0.3) is 0 Å². The van der Waals surface area contributed by atoms with Crippen LogP contribution in [0.4, 0.5) is 0 Å². The molecule has 4 N–H and O–H groups in total. The number of hydrogen-bond donors (Lipinski definition) is 4. The van der Waals surface area contributed by atoms with Crippen molar-refractivity contribution >= 4 is 23.5 Å². The topological polar surface area (TPSA) is 158 Å². The van der Waals surface area contributed by atoms with E-state index in [4.69, 9.17) is 9.84 Å². The Morgan fingerprint density at radius 2 is 1.86 bits per heavy atom. The first-order valence-electron chi connectivity index (χ1n) is 12.2. The Bertz CT molecular complexity index is 1030. The molecule has 0 heterocycles. The maximum Gasteiger partial charge on any atom is 0.311 e. The predicted octanol–water partition coefficient (Wildman–Crippen LogP) is 1.54. The first-order chi connectivity index (χ1) is 16.3. The van der Waals surface area contributed by atoms with E-state index in [0.29, 0.717) is 12.8 Å². The average molecular weight is 491 g/mol. The molecule has 0 aromatic carbocycles. The lowest BCUT2D eigenvalue weighted by Crippen LogP contribution is -2.63. The largest absolute Gasteiger partial charge is 0.481 e. The van der Waals surface area contributed by atoms with E-state index < -0.39 is 59.2 Å². The number of carbonyl (C=O) groups excluding carboxylic acids is 3. The van der Waals surface area contributed by atoms with Gasteiger partial charge < -0.3 is 25.2 Å². The zero-order chi connectivity index (χ0) is 25.9. The first-order valence-corrected chi connectivity index (χ1v) is 12.2. The summed E-state index contributed by atoms with van der Waals surface area (Å²) in [7, 11) is 0. The lowest BCUT2D eigenvalue weighted by molar-refractivity contribution is -0.184. The summed E-state index contributed by atoms with van der Waals surface area (Å²) in [5.74, 6) is -3.56. The highest BCUT2D eigenvalue weighted by Crippen LogP contribution is 2.68. The van der Waals surface area contributed by atoms with Gasteiger partial charge in [-0.1, -0.05) is 13.8 Å². The Morgan fingerprint density at radius 3 is 2.49 bits per heavy atom. The van der Waals surface area contributed by atoms with Gasteiger partial charge in [0.2, 0.25) is 0 Å². The van der Waals surface area contributed by atoms with Gasteiger partial charge in [-0.05, 0) is 62.0 Å². The minimum absolute atomic E-state index is 0.0941. The second-order valence-corrected chi connectivity index (χ2v) is 11.2. The number of hydrogen-bond acceptors (Lipinski definition) is 8. The fraction of sp³-hybridized carbons (Fsp3) is 0.692. The van der Waals surface area contributed by atoms with E-state index in [1.54, 1.807) is 0 Å². The highest BCUT2D eigenvalue weighted by molar-refractivity contribution is 6.02. The minimum Gasteiger partial charge on any atom is -0.481 e. The van der Waals surface area contributed by atoms with Gasteiger partial charge in [-0.3, -0.25) is 19.2 Å². The Labute approximate surface area is 203 Å². The Balaban J connectivity index is 1.74. The Hall–Kier alpha value is -2.36. The van der Waals surface area contributed by atoms with Gasteiger partial charge in [0, 0.05) is 17.4 Å². The molecule has 0 amide bonds. The quantitative estimate of drug-likeness (QED) is 0.405. The van der Waals surface area contributed by atoms with Crippen LogP contribution in [0.2, 0.25) is 0 Å². The summed E-state index contributed by atoms with van der Waals surface area (Å²) in [5, 5.41) is 41.4. The van der Waals surface area contributed by atoms with Crippen molar-refractivity contribution in [2.45, 2.75) is 71.0 Å². The molecule has 0 radical (unpaired) electrons. The summed E-state index contributed by atoms with van der Waals surface area (Å²) in [6, 6.07) is 0. The first kappa shape index (κ1) is 25.7. The molecule has 3 saturated carbocycles. The zero-order valence-electron chi connectivity index (χ0n) is 20.3. The summed E-state index contributed by atoms with van der Waals surface area (Å²) in [6.07, 6.45) is 2.55. The zero-order valence-corrected chi connectivity index (χ0v) is 20.3. The molecule has 35 heavy (non-hydrogen) atoms. The van der Waals surface area contributed by atoms with Gasteiger partial charge in [-0.25, -0.2) is 0 Å². The van der Waals surface area contributed by atoms with E-state index in [2.05, 4.69) is 0 Å². The smallest absolute Gasteiger partial charge is 0.311 e. The van der Waals surface area contributed by atoms with Crippen molar-refractivity contribution in [1.29, 1.82) is 0 Å². The molecule has 3 fully saturated rings. The number of fused-ring (bicyclic) bond motifs is 5. The minimum atomic E-state index is -1.73. The van der Waals surface area contributed by atoms with Gasteiger partial charge in [-0.15, -0.1) is 0 Å². The van der Waals surface area contributed by atoms with Crippen LogP contribution >= 0.6 is 0 Å². The maximum absolute atomic E-state index is 12.6. The Kier molecular flexibility index (Phi) is 6.35. The summed E-state index contributed by atoms with van der Waals surface area (Å²) >= 11 is 0. The highest BCUT2D eigenvalue weighted by atomic mass is 16.5. The van der Waals surface area contributed by atoms with E-state index in [1.165, 1.54) is 12.2 Å². The van der Waals surface area contributed by atoms with Crippen LogP contribution in [0.5, 0.6) is 0 Å². The van der Waals surface area contributed by atoms with Gasteiger partial charge in [0.1, 0.15) is 18.0 Å². The molecule has 192 valence electrons. The number of aliphatic hydroxyl groups excluding tert-OH is 2. The molecule has 4 rings (SSSR count). The van der Waals surface area contributed by atoms with Crippen molar-refractivity contribution in [2.75, 3.05) is 6.61 Å². The number of carboxylic acids is 1. The van der Waals surface area contributed by atoms with Crippen LogP contribution in [0.25, 0.3) is 0 Å². The third kappa shape index (κ3) is 3.70. The van der Waals surface area contributed by atoms with Crippen molar-refractivity contribution in [3.05, 3.63) is 23.5 Å². The van der Waals surface area contributed by atoms with Crippen molar-refractivity contribution in [1.82, 2.24) is 0 Å². The number of ketones is 2. The molecule has 1 unspecified atom stereocenters. The summed E-state index contributed by atoms with van der Waals surface area (Å²) in [4.78, 5) is 48.5. The number of Topliss-reactive ketones (excluding diaryl/α,β-unsaturated/α-hetero) is 1. The molecule has 9 heteroatoms. The van der Waals surface area contributed by atoms with E-state index in [0.717, 1.165) is 5.57 Å². The standard InChI is InChI=1S/C26H34O9/c1-13-8-15-16-6-7-26(34,19(30)12-27)24(16,2)11-18(29)23(15)25(3)17(13)9-14(28)10-20(25)35-22(33)5-4-21(31)32/h9-10,13,15-16,18,23,27,29,34H,4-8,11-12H2,1-3H3,(H,31,32)/t13?,15-,16-,18-,23+,24-,25+,26-/m0/s1. The SMILES string of the molecule is CC1C[C@@H]2[C@H]([C@@H](O)C[C@@]3(C)[C@H]2CC[C@]3(O)C(=O)CO)[C@@]2(C)C(OC(=O)CCC(=O)O)=CC(=O)C=C12. The Morgan fingerprint density at radius 1 is 1.17 bits per heavy atom. The molecule has 9 nitrogen and oxygen atoms in total. The number of aliphatic carboxylic acids is 1. The number of ether oxygens (including phenoxy) is 1. The third-order valence-electron chi connectivity index (χ3n) is 9.48. The van der Waals surface area contributed by atoms with E-state index in [1.807, 2.05) is 20.8 Å². The monoisotopic (exact) mass is 490 g/mol. The molecular weight excluding hydrogens is 456 g/mol. The van der Waals surface area contributed by atoms with Crippen LogP contribution in [-0.2, 0) is 23.9 Å². The fourth-order valence-corrected chi connectivity index (χ4v) is 7.92. The molecule has 0 aliphatic heterocycles. The molecule has 4 aliphatic rings. The van der Waals surface area contributed by atoms with Crippen molar-refractivity contribution in [3.63, 3.8) is 0 Å². The van der Waals surface area contributed by atoms with Crippen molar-refractivity contribution in [2.24, 2.45) is 34.5 Å². The molecule has 0 aromatic rings. The van der Waals surface area contributed by atoms with Crippen LogP contribution in [0.3, 0.4) is 0 Å². The lowest BCUT2D eigenvalue weighted by atomic mass is 9.44. The van der Waals surface area contributed by atoms with Gasteiger partial charge in [0.15, 0.2) is 11.6 Å². The fourth-order valence-electron chi connectivity index (χ4n) is 7.92. The van der Waals surface area contributed by atoms with Gasteiger partial charge in [0.05, 0.1) is 24.4 Å². The molecule has 0 saturated heterocycles. The molecular formula is C26H34O9. The van der Waals surface area contributed by atoms with Crippen LogP contribution in [-0.4, -0.2) is 62.2 Å². The van der Waals surface area contributed by atoms with Crippen LogP contribution in [0.15, 0.2) is 23.5 Å². The van der Waals surface area contributed by atoms with Gasteiger partial charge >= 0.3 is 11.9 Å². The van der Waals surface area contributed by atoms with E-state index in [9.17, 15) is 34.5 Å².